The van der Waals surface area contributed by atoms with Crippen LogP contribution in [0.5, 0.6) is 0 Å². The van der Waals surface area contributed by atoms with Gasteiger partial charge in [0.2, 0.25) is 0 Å². The fourth-order valence-corrected chi connectivity index (χ4v) is 2.46. The fraction of sp³-hybridized carbons (Fsp3) is 0.200. The van der Waals surface area contributed by atoms with E-state index in [1.54, 1.807) is 18.6 Å². The van der Waals surface area contributed by atoms with Crippen LogP contribution >= 0.6 is 0 Å². The monoisotopic (exact) mass is 347 g/mol. The van der Waals surface area contributed by atoms with Crippen molar-refractivity contribution in [3.63, 3.8) is 0 Å². The van der Waals surface area contributed by atoms with Gasteiger partial charge in [0.1, 0.15) is 11.5 Å². The van der Waals surface area contributed by atoms with E-state index in [0.717, 1.165) is 18.4 Å². The second-order valence-corrected chi connectivity index (χ2v) is 5.84. The second kappa shape index (κ2) is 9.27. The molecule has 26 heavy (non-hydrogen) atoms. The minimum Gasteiger partial charge on any atom is -0.365 e. The van der Waals surface area contributed by atoms with Gasteiger partial charge in [0.25, 0.3) is 5.91 Å². The van der Waals surface area contributed by atoms with Crippen molar-refractivity contribution in [2.24, 2.45) is 0 Å². The lowest BCUT2D eigenvalue weighted by Crippen LogP contribution is -2.25. The Labute approximate surface area is 152 Å². The molecule has 3 rings (SSSR count). The summed E-state index contributed by atoms with van der Waals surface area (Å²) < 4.78 is 0. The Hall–Kier alpha value is -3.28. The molecule has 6 nitrogen and oxygen atoms in total. The minimum absolute atomic E-state index is 0.203. The molecule has 0 bridgehead atoms. The van der Waals surface area contributed by atoms with E-state index in [2.05, 4.69) is 37.7 Å². The number of hydrogen-bond donors (Lipinski definition) is 2. The van der Waals surface area contributed by atoms with Crippen LogP contribution in [0, 0.1) is 0 Å². The van der Waals surface area contributed by atoms with Crippen molar-refractivity contribution >= 4 is 11.7 Å². The quantitative estimate of drug-likeness (QED) is 0.613. The third-order valence-electron chi connectivity index (χ3n) is 3.88. The van der Waals surface area contributed by atoms with Crippen LogP contribution in [0.3, 0.4) is 0 Å². The number of carbonyl (C=O) groups is 1. The van der Waals surface area contributed by atoms with Gasteiger partial charge in [0.15, 0.2) is 0 Å². The summed E-state index contributed by atoms with van der Waals surface area (Å²) in [6, 6.07) is 14.1. The molecule has 0 saturated carbocycles. The van der Waals surface area contributed by atoms with Crippen LogP contribution in [0.4, 0.5) is 5.82 Å². The normalized spacial score (nSPS) is 10.3. The maximum Gasteiger partial charge on any atom is 0.271 e. The Bertz CT molecular complexity index is 807. The van der Waals surface area contributed by atoms with Gasteiger partial charge in [-0.15, -0.1) is 0 Å². The summed E-state index contributed by atoms with van der Waals surface area (Å²) >= 11 is 0. The van der Waals surface area contributed by atoms with Crippen LogP contribution in [0.1, 0.15) is 28.0 Å². The van der Waals surface area contributed by atoms with Crippen LogP contribution in [-0.4, -0.2) is 27.4 Å². The summed E-state index contributed by atoms with van der Waals surface area (Å²) in [7, 11) is 0. The molecule has 0 aliphatic rings. The zero-order chi connectivity index (χ0) is 18.0. The molecular formula is C20H21N5O. The number of hydrogen-bond acceptors (Lipinski definition) is 5. The zero-order valence-electron chi connectivity index (χ0n) is 14.4. The number of anilines is 1. The molecule has 0 unspecified atom stereocenters. The molecule has 0 atom stereocenters. The summed E-state index contributed by atoms with van der Waals surface area (Å²) in [5, 5.41) is 6.04. The maximum atomic E-state index is 12.1. The highest BCUT2D eigenvalue weighted by Gasteiger charge is 2.07. The van der Waals surface area contributed by atoms with E-state index < -0.39 is 0 Å². The molecule has 0 aliphatic heterocycles. The summed E-state index contributed by atoms with van der Waals surface area (Å²) in [5.41, 5.74) is 2.69. The van der Waals surface area contributed by atoms with Gasteiger partial charge in [-0.25, -0.2) is 9.97 Å². The number of amides is 1. The molecule has 0 fully saturated rings. The third kappa shape index (κ3) is 5.37. The lowest BCUT2D eigenvalue weighted by molar-refractivity contribution is 0.0948. The Morgan fingerprint density at radius 3 is 2.46 bits per heavy atom. The van der Waals surface area contributed by atoms with Gasteiger partial charge in [0, 0.05) is 25.5 Å². The average molecular weight is 347 g/mol. The number of pyridine rings is 1. The first-order valence-electron chi connectivity index (χ1n) is 8.58. The fourth-order valence-electron chi connectivity index (χ4n) is 2.46. The first-order chi connectivity index (χ1) is 12.8. The molecule has 0 spiro atoms. The van der Waals surface area contributed by atoms with Gasteiger partial charge in [-0.2, -0.15) is 0 Å². The van der Waals surface area contributed by atoms with Gasteiger partial charge in [-0.1, -0.05) is 30.3 Å². The number of rotatable bonds is 8. The minimum atomic E-state index is -0.203. The van der Waals surface area contributed by atoms with Gasteiger partial charge >= 0.3 is 0 Å². The predicted octanol–water partition coefficient (Wildman–Crippen LogP) is 2.85. The van der Waals surface area contributed by atoms with Crippen LogP contribution in [0.2, 0.25) is 0 Å². The molecule has 132 valence electrons. The highest BCUT2D eigenvalue weighted by Crippen LogP contribution is 2.05. The number of nitrogens with one attached hydrogen (secondary N) is 2. The number of benzene rings is 1. The first kappa shape index (κ1) is 17.5. The largest absolute Gasteiger partial charge is 0.365 e. The molecule has 1 aromatic carbocycles. The Morgan fingerprint density at radius 2 is 1.73 bits per heavy atom. The molecule has 0 aliphatic carbocycles. The lowest BCUT2D eigenvalue weighted by Gasteiger charge is -2.07. The molecular weight excluding hydrogens is 326 g/mol. The Morgan fingerprint density at radius 1 is 0.923 bits per heavy atom. The van der Waals surface area contributed by atoms with E-state index in [1.165, 1.54) is 11.8 Å². The summed E-state index contributed by atoms with van der Waals surface area (Å²) in [4.78, 5) is 24.5. The van der Waals surface area contributed by atoms with Gasteiger partial charge in [-0.05, 0) is 36.1 Å². The van der Waals surface area contributed by atoms with Gasteiger partial charge < -0.3 is 10.6 Å². The highest BCUT2D eigenvalue weighted by molar-refractivity contribution is 5.91. The van der Waals surface area contributed by atoms with Crippen LogP contribution in [0.15, 0.2) is 67.3 Å². The van der Waals surface area contributed by atoms with E-state index in [-0.39, 0.29) is 5.91 Å². The number of carbonyl (C=O) groups excluding carboxylic acids is 1. The summed E-state index contributed by atoms with van der Waals surface area (Å²) in [6.45, 7) is 1.24. The SMILES string of the molecule is O=C(NCCCc1ccccc1)c1cnc(NCc2ccncc2)cn1. The standard InChI is InChI=1S/C20H21N5O/c26-20(22-10-4-7-16-5-2-1-3-6-16)18-14-25-19(15-23-18)24-13-17-8-11-21-12-9-17/h1-3,5-6,8-9,11-12,14-15H,4,7,10,13H2,(H,22,26)(H,24,25). The third-order valence-corrected chi connectivity index (χ3v) is 3.88. The zero-order valence-corrected chi connectivity index (χ0v) is 14.4. The molecule has 0 saturated heterocycles. The van der Waals surface area contributed by atoms with E-state index in [4.69, 9.17) is 0 Å². The average Bonchev–Trinajstić information content (AvgIpc) is 2.71. The van der Waals surface area contributed by atoms with E-state index in [1.807, 2.05) is 30.3 Å². The topological polar surface area (TPSA) is 79.8 Å². The van der Waals surface area contributed by atoms with E-state index >= 15 is 0 Å². The molecule has 6 heteroatoms. The first-order valence-corrected chi connectivity index (χ1v) is 8.58. The lowest BCUT2D eigenvalue weighted by atomic mass is 10.1. The summed E-state index contributed by atoms with van der Waals surface area (Å²) in [6.07, 6.45) is 8.36. The molecule has 1 amide bonds. The summed E-state index contributed by atoms with van der Waals surface area (Å²) in [5.74, 6) is 0.425. The van der Waals surface area contributed by atoms with E-state index in [0.29, 0.717) is 24.6 Å². The van der Waals surface area contributed by atoms with Crippen molar-refractivity contribution in [3.8, 4) is 0 Å². The van der Waals surface area contributed by atoms with E-state index in [9.17, 15) is 4.79 Å². The molecule has 2 heterocycles. The molecule has 0 radical (unpaired) electrons. The van der Waals surface area contributed by atoms with Crippen LogP contribution in [0.25, 0.3) is 0 Å². The Kier molecular flexibility index (Phi) is 6.25. The molecule has 2 N–H and O–H groups in total. The second-order valence-electron chi connectivity index (χ2n) is 5.84. The van der Waals surface area contributed by atoms with Crippen molar-refractivity contribution < 1.29 is 4.79 Å². The smallest absolute Gasteiger partial charge is 0.271 e. The Balaban J connectivity index is 1.41. The predicted molar refractivity (Wildman–Crippen MR) is 101 cm³/mol. The highest BCUT2D eigenvalue weighted by atomic mass is 16.1. The number of nitrogens with zero attached hydrogens (tertiary/aromatic N) is 3. The number of aromatic nitrogens is 3. The van der Waals surface area contributed by atoms with Crippen molar-refractivity contribution in [3.05, 3.63) is 84.1 Å². The van der Waals surface area contributed by atoms with Crippen LogP contribution < -0.4 is 10.6 Å². The van der Waals surface area contributed by atoms with Crippen LogP contribution in [-0.2, 0) is 13.0 Å². The van der Waals surface area contributed by atoms with Crippen molar-refractivity contribution in [2.75, 3.05) is 11.9 Å². The molecule has 3 aromatic rings. The maximum absolute atomic E-state index is 12.1. The number of aryl methyl sites for hydroxylation is 1. The van der Waals surface area contributed by atoms with Crippen molar-refractivity contribution in [1.82, 2.24) is 20.3 Å². The van der Waals surface area contributed by atoms with Crippen molar-refractivity contribution in [1.29, 1.82) is 0 Å². The van der Waals surface area contributed by atoms with Gasteiger partial charge in [0.05, 0.1) is 12.4 Å². The molecule has 2 aromatic heterocycles. The van der Waals surface area contributed by atoms with Crippen molar-refractivity contribution in [2.45, 2.75) is 19.4 Å². The van der Waals surface area contributed by atoms with Gasteiger partial charge in [-0.3, -0.25) is 9.78 Å².